The van der Waals surface area contributed by atoms with E-state index in [-0.39, 0.29) is 17.1 Å². The Morgan fingerprint density at radius 1 is 1.26 bits per heavy atom. The summed E-state index contributed by atoms with van der Waals surface area (Å²) < 4.78 is 58.2. The van der Waals surface area contributed by atoms with Gasteiger partial charge in [-0.1, -0.05) is 5.16 Å². The molecule has 146 valence electrons. The second-order valence-corrected chi connectivity index (χ2v) is 8.47. The molecule has 27 heavy (non-hydrogen) atoms. The van der Waals surface area contributed by atoms with Gasteiger partial charge in [0, 0.05) is 24.6 Å². The molecule has 0 radical (unpaired) electrons. The van der Waals surface area contributed by atoms with E-state index in [1.807, 2.05) is 0 Å². The summed E-state index contributed by atoms with van der Waals surface area (Å²) in [5, 5.41) is 9.23. The Balaban J connectivity index is 1.42. The Morgan fingerprint density at radius 3 is 2.52 bits per heavy atom. The van der Waals surface area contributed by atoms with E-state index in [2.05, 4.69) is 14.9 Å². The van der Waals surface area contributed by atoms with Gasteiger partial charge in [-0.2, -0.15) is 26.5 Å². The smallest absolute Gasteiger partial charge is 0.387 e. The second kappa shape index (κ2) is 6.50. The Hall–Kier alpha value is -2.11. The molecule has 2 heterocycles. The van der Waals surface area contributed by atoms with Crippen molar-refractivity contribution in [1.82, 2.24) is 14.4 Å². The van der Waals surface area contributed by atoms with Crippen molar-refractivity contribution in [3.8, 4) is 17.2 Å². The molecule has 1 spiro atoms. The molecule has 0 unspecified atom stereocenters. The van der Waals surface area contributed by atoms with Crippen LogP contribution in [0.3, 0.4) is 0 Å². The third-order valence-corrected chi connectivity index (χ3v) is 6.43. The van der Waals surface area contributed by atoms with Crippen molar-refractivity contribution in [2.75, 3.05) is 13.1 Å². The molecule has 2 N–H and O–H groups in total. The highest BCUT2D eigenvalue weighted by molar-refractivity contribution is 7.86. The van der Waals surface area contributed by atoms with Crippen LogP contribution in [0.5, 0.6) is 5.75 Å². The van der Waals surface area contributed by atoms with Crippen LogP contribution in [0.2, 0.25) is 0 Å². The Kier molecular flexibility index (Phi) is 4.40. The molecule has 1 aromatic heterocycles. The van der Waals surface area contributed by atoms with Crippen molar-refractivity contribution in [2.45, 2.75) is 31.8 Å². The number of hydrogen-bond acceptors (Lipinski definition) is 6. The van der Waals surface area contributed by atoms with Gasteiger partial charge in [-0.25, -0.2) is 5.14 Å². The predicted octanol–water partition coefficient (Wildman–Crippen LogP) is 2.11. The van der Waals surface area contributed by atoms with E-state index in [1.165, 1.54) is 16.4 Å². The van der Waals surface area contributed by atoms with E-state index in [0.29, 0.717) is 43.2 Å². The number of ether oxygens (including phenoxy) is 1. The van der Waals surface area contributed by atoms with Gasteiger partial charge in [0.25, 0.3) is 16.1 Å². The fourth-order valence-corrected chi connectivity index (χ4v) is 4.42. The molecule has 11 heteroatoms. The van der Waals surface area contributed by atoms with E-state index >= 15 is 0 Å². The van der Waals surface area contributed by atoms with Gasteiger partial charge in [-0.15, -0.1) is 0 Å². The zero-order chi connectivity index (χ0) is 19.2. The molecular formula is C16H18F2N4O4S. The maximum atomic E-state index is 12.2. The van der Waals surface area contributed by atoms with Crippen molar-refractivity contribution < 1.29 is 26.5 Å². The van der Waals surface area contributed by atoms with E-state index in [9.17, 15) is 17.2 Å². The largest absolute Gasteiger partial charge is 0.435 e. The number of piperidine rings is 1. The maximum Gasteiger partial charge on any atom is 0.387 e. The summed E-state index contributed by atoms with van der Waals surface area (Å²) in [6.07, 6.45) is 2.29. The van der Waals surface area contributed by atoms with Gasteiger partial charge >= 0.3 is 6.61 Å². The number of benzene rings is 1. The van der Waals surface area contributed by atoms with E-state index in [0.717, 1.165) is 6.42 Å². The van der Waals surface area contributed by atoms with Crippen LogP contribution in [-0.2, 0) is 10.2 Å². The van der Waals surface area contributed by atoms with Crippen LogP contribution in [0.1, 0.15) is 31.0 Å². The van der Waals surface area contributed by atoms with Crippen molar-refractivity contribution in [2.24, 2.45) is 10.6 Å². The molecule has 2 fully saturated rings. The lowest BCUT2D eigenvalue weighted by atomic mass is 9.92. The average molecular weight is 400 g/mol. The van der Waals surface area contributed by atoms with Gasteiger partial charge in [0.15, 0.2) is 5.82 Å². The van der Waals surface area contributed by atoms with Gasteiger partial charge in [0.05, 0.1) is 0 Å². The number of nitrogens with zero attached hydrogens (tertiary/aromatic N) is 3. The molecule has 1 atom stereocenters. The lowest BCUT2D eigenvalue weighted by molar-refractivity contribution is -0.0498. The van der Waals surface area contributed by atoms with Crippen LogP contribution in [0, 0.1) is 5.41 Å². The molecule has 1 aliphatic carbocycles. The van der Waals surface area contributed by atoms with Crippen LogP contribution in [-0.4, -0.2) is 42.6 Å². The molecule has 4 rings (SSSR count). The van der Waals surface area contributed by atoms with Crippen molar-refractivity contribution in [1.29, 1.82) is 0 Å². The normalized spacial score (nSPS) is 22.3. The number of rotatable bonds is 5. The van der Waals surface area contributed by atoms with Gasteiger partial charge in [0.1, 0.15) is 5.75 Å². The first-order valence-electron chi connectivity index (χ1n) is 8.44. The fourth-order valence-electron chi connectivity index (χ4n) is 3.72. The van der Waals surface area contributed by atoms with Gasteiger partial charge in [-0.3, -0.25) is 0 Å². The van der Waals surface area contributed by atoms with Crippen LogP contribution >= 0.6 is 0 Å². The quantitative estimate of drug-likeness (QED) is 0.823. The minimum absolute atomic E-state index is 0.00268. The standard InChI is InChI=1S/C16H18F2N4O4S/c17-15(18)25-11-3-1-10(2-4-11)14-20-13(21-26-14)12-9-16(12)5-7-22(8-6-16)27(19,23)24/h1-4,12,15H,5-9H2,(H2,19,23,24)/t12-/m0/s1. The molecule has 2 aliphatic rings. The number of aromatic nitrogens is 2. The number of halogens is 2. The number of alkyl halides is 2. The molecule has 1 aromatic carbocycles. The molecule has 8 nitrogen and oxygen atoms in total. The third-order valence-electron chi connectivity index (χ3n) is 5.35. The zero-order valence-electron chi connectivity index (χ0n) is 14.2. The predicted molar refractivity (Wildman–Crippen MR) is 90.1 cm³/mol. The monoisotopic (exact) mass is 400 g/mol. The summed E-state index contributed by atoms with van der Waals surface area (Å²) in [5.74, 6) is 1.06. The zero-order valence-corrected chi connectivity index (χ0v) is 15.0. The maximum absolute atomic E-state index is 12.2. The van der Waals surface area contributed by atoms with Crippen molar-refractivity contribution >= 4 is 10.2 Å². The molecule has 0 amide bonds. The first kappa shape index (κ1) is 18.3. The SMILES string of the molecule is NS(=O)(=O)N1CCC2(CC1)C[C@H]2c1noc(-c2ccc(OC(F)F)cc2)n1. The Bertz CT molecular complexity index is 924. The van der Waals surface area contributed by atoms with Crippen LogP contribution in [0.15, 0.2) is 28.8 Å². The summed E-state index contributed by atoms with van der Waals surface area (Å²) >= 11 is 0. The summed E-state index contributed by atoms with van der Waals surface area (Å²) in [5.41, 5.74) is 0.603. The minimum Gasteiger partial charge on any atom is -0.435 e. The summed E-state index contributed by atoms with van der Waals surface area (Å²) in [7, 11) is -3.65. The van der Waals surface area contributed by atoms with Crippen LogP contribution in [0.4, 0.5) is 8.78 Å². The molecule has 1 saturated heterocycles. The summed E-state index contributed by atoms with van der Waals surface area (Å²) in [4.78, 5) is 4.43. The lowest BCUT2D eigenvalue weighted by Crippen LogP contribution is -2.43. The average Bonchev–Trinajstić information content (AvgIpc) is 3.08. The van der Waals surface area contributed by atoms with Crippen LogP contribution in [0.25, 0.3) is 11.5 Å². The topological polar surface area (TPSA) is 112 Å². The Labute approximate surface area is 154 Å². The number of hydrogen-bond donors (Lipinski definition) is 1. The first-order chi connectivity index (χ1) is 12.8. The fraction of sp³-hybridized carbons (Fsp3) is 0.500. The summed E-state index contributed by atoms with van der Waals surface area (Å²) in [6.45, 7) is -2.09. The van der Waals surface area contributed by atoms with Gasteiger partial charge in [-0.05, 0) is 48.9 Å². The van der Waals surface area contributed by atoms with E-state index in [4.69, 9.17) is 9.66 Å². The van der Waals surface area contributed by atoms with Gasteiger partial charge < -0.3 is 9.26 Å². The van der Waals surface area contributed by atoms with Gasteiger partial charge in [0.2, 0.25) is 0 Å². The number of nitrogens with two attached hydrogens (primary N) is 1. The summed E-state index contributed by atoms with van der Waals surface area (Å²) in [6, 6.07) is 5.96. The molecule has 0 bridgehead atoms. The molecule has 1 saturated carbocycles. The second-order valence-electron chi connectivity index (χ2n) is 6.92. The highest BCUT2D eigenvalue weighted by atomic mass is 32.2. The highest BCUT2D eigenvalue weighted by Crippen LogP contribution is 2.64. The minimum atomic E-state index is -3.65. The molecule has 2 aromatic rings. The van der Waals surface area contributed by atoms with Crippen molar-refractivity contribution in [3.05, 3.63) is 30.1 Å². The van der Waals surface area contributed by atoms with E-state index in [1.54, 1.807) is 12.1 Å². The lowest BCUT2D eigenvalue weighted by Gasteiger charge is -2.30. The van der Waals surface area contributed by atoms with Crippen LogP contribution < -0.4 is 9.88 Å². The van der Waals surface area contributed by atoms with Crippen molar-refractivity contribution in [3.63, 3.8) is 0 Å². The van der Waals surface area contributed by atoms with E-state index < -0.39 is 16.8 Å². The highest BCUT2D eigenvalue weighted by Gasteiger charge is 2.58. The Morgan fingerprint density at radius 2 is 1.93 bits per heavy atom. The molecule has 1 aliphatic heterocycles. The first-order valence-corrected chi connectivity index (χ1v) is 9.94. The molecular weight excluding hydrogens is 382 g/mol. The third kappa shape index (κ3) is 3.66.